The molecule has 24 heavy (non-hydrogen) atoms. The van der Waals surface area contributed by atoms with Crippen molar-refractivity contribution in [2.45, 2.75) is 38.5 Å². The molecule has 0 spiro atoms. The van der Waals surface area contributed by atoms with E-state index in [-0.39, 0.29) is 0 Å². The normalized spacial score (nSPS) is 10.8. The van der Waals surface area contributed by atoms with Crippen LogP contribution in [0.25, 0.3) is 9.75 Å². The molecule has 4 heteroatoms. The molecule has 0 radical (unpaired) electrons. The van der Waals surface area contributed by atoms with E-state index in [0.29, 0.717) is 18.6 Å². The Morgan fingerprint density at radius 2 is 1.83 bits per heavy atom. The van der Waals surface area contributed by atoms with E-state index < -0.39 is 0 Å². The van der Waals surface area contributed by atoms with Gasteiger partial charge in [0.05, 0.1) is 11.3 Å². The molecule has 0 N–H and O–H groups in total. The third kappa shape index (κ3) is 5.11. The Balaban J connectivity index is 1.35. The van der Waals surface area contributed by atoms with Gasteiger partial charge in [-0.25, -0.2) is 4.98 Å². The quantitative estimate of drug-likeness (QED) is 0.455. The van der Waals surface area contributed by atoms with E-state index in [4.69, 9.17) is 0 Å². The highest BCUT2D eigenvalue weighted by atomic mass is 32.1. The first-order valence-corrected chi connectivity index (χ1v) is 10.0. The van der Waals surface area contributed by atoms with Crippen molar-refractivity contribution in [3.8, 4) is 9.75 Å². The van der Waals surface area contributed by atoms with Crippen LogP contribution in [0, 0.1) is 0 Å². The minimum atomic E-state index is 0.307. The van der Waals surface area contributed by atoms with Gasteiger partial charge in [-0.2, -0.15) is 0 Å². The Morgan fingerprint density at radius 1 is 0.958 bits per heavy atom. The van der Waals surface area contributed by atoms with Crippen LogP contribution in [-0.4, -0.2) is 10.8 Å². The van der Waals surface area contributed by atoms with Gasteiger partial charge in [0, 0.05) is 17.5 Å². The van der Waals surface area contributed by atoms with E-state index in [1.54, 1.807) is 22.7 Å². The molecule has 124 valence electrons. The maximum Gasteiger partial charge on any atom is 0.139 e. The second kappa shape index (κ2) is 8.90. The van der Waals surface area contributed by atoms with E-state index in [2.05, 4.69) is 40.7 Å². The molecule has 0 unspecified atom stereocenters. The number of Topliss-reactive ketones (excluding diaryl/α,β-unsaturated/α-hetero) is 1. The standard InChI is InChI=1S/C20H21NOS2/c22-17(11-6-2-5-10-16-8-3-1-4-9-16)14-20-21-15-19(24-20)18-12-7-13-23-18/h1,3-4,7-9,12-13,15H,2,5-6,10-11,14H2. The predicted octanol–water partition coefficient (Wildman–Crippen LogP) is 5.79. The smallest absolute Gasteiger partial charge is 0.139 e. The molecule has 0 amide bonds. The van der Waals surface area contributed by atoms with Crippen LogP contribution in [0.5, 0.6) is 0 Å². The summed E-state index contributed by atoms with van der Waals surface area (Å²) >= 11 is 3.35. The van der Waals surface area contributed by atoms with Crippen LogP contribution in [0.1, 0.15) is 36.3 Å². The fraction of sp³-hybridized carbons (Fsp3) is 0.300. The van der Waals surface area contributed by atoms with Crippen molar-refractivity contribution in [3.63, 3.8) is 0 Å². The summed E-state index contributed by atoms with van der Waals surface area (Å²) in [5, 5.41) is 3.00. The number of unbranched alkanes of at least 4 members (excludes halogenated alkanes) is 2. The van der Waals surface area contributed by atoms with E-state index in [0.717, 1.165) is 35.6 Å². The van der Waals surface area contributed by atoms with Crippen molar-refractivity contribution >= 4 is 28.5 Å². The number of aromatic nitrogens is 1. The average molecular weight is 356 g/mol. The van der Waals surface area contributed by atoms with E-state index in [1.165, 1.54) is 10.4 Å². The van der Waals surface area contributed by atoms with Gasteiger partial charge in [-0.3, -0.25) is 4.79 Å². The zero-order valence-electron chi connectivity index (χ0n) is 13.6. The molecular weight excluding hydrogens is 334 g/mol. The number of ketones is 1. The average Bonchev–Trinajstić information content (AvgIpc) is 3.27. The van der Waals surface area contributed by atoms with Crippen molar-refractivity contribution in [2.24, 2.45) is 0 Å². The lowest BCUT2D eigenvalue weighted by atomic mass is 10.0. The third-order valence-corrected chi connectivity index (χ3v) is 5.99. The van der Waals surface area contributed by atoms with Crippen molar-refractivity contribution in [1.82, 2.24) is 4.98 Å². The van der Waals surface area contributed by atoms with Gasteiger partial charge in [-0.15, -0.1) is 22.7 Å². The molecule has 3 rings (SSSR count). The maximum absolute atomic E-state index is 12.1. The van der Waals surface area contributed by atoms with Crippen molar-refractivity contribution in [2.75, 3.05) is 0 Å². The Labute approximate surface area is 151 Å². The summed E-state index contributed by atoms with van der Waals surface area (Å²) in [7, 11) is 0. The molecule has 0 aliphatic heterocycles. The van der Waals surface area contributed by atoms with E-state index in [9.17, 15) is 4.79 Å². The number of thiophene rings is 1. The number of carbonyl (C=O) groups excluding carboxylic acids is 1. The first-order valence-electron chi connectivity index (χ1n) is 8.35. The van der Waals surface area contributed by atoms with Crippen LogP contribution in [0.15, 0.2) is 54.0 Å². The molecular formula is C20H21NOS2. The fourth-order valence-corrected chi connectivity index (χ4v) is 4.42. The van der Waals surface area contributed by atoms with Crippen LogP contribution >= 0.6 is 22.7 Å². The Bertz CT molecular complexity index is 747. The second-order valence-corrected chi connectivity index (χ2v) is 7.92. The first-order chi connectivity index (χ1) is 11.8. The lowest BCUT2D eigenvalue weighted by Gasteiger charge is -2.01. The molecule has 0 fully saturated rings. The second-order valence-electron chi connectivity index (χ2n) is 5.86. The summed E-state index contributed by atoms with van der Waals surface area (Å²) in [4.78, 5) is 18.9. The van der Waals surface area contributed by atoms with Crippen molar-refractivity contribution in [3.05, 3.63) is 64.6 Å². The van der Waals surface area contributed by atoms with E-state index in [1.807, 2.05) is 18.3 Å². The molecule has 1 aromatic carbocycles. The molecule has 0 atom stereocenters. The van der Waals surface area contributed by atoms with Crippen LogP contribution in [0.3, 0.4) is 0 Å². The van der Waals surface area contributed by atoms with Crippen molar-refractivity contribution in [1.29, 1.82) is 0 Å². The van der Waals surface area contributed by atoms with Gasteiger partial charge in [-0.05, 0) is 36.3 Å². The highest BCUT2D eigenvalue weighted by Crippen LogP contribution is 2.30. The van der Waals surface area contributed by atoms with Crippen molar-refractivity contribution < 1.29 is 4.79 Å². The summed E-state index contributed by atoms with van der Waals surface area (Å²) in [6.07, 6.45) is 7.38. The number of aryl methyl sites for hydroxylation is 1. The van der Waals surface area contributed by atoms with Gasteiger partial charge >= 0.3 is 0 Å². The summed E-state index contributed by atoms with van der Waals surface area (Å²) in [6, 6.07) is 14.7. The summed E-state index contributed by atoms with van der Waals surface area (Å²) in [6.45, 7) is 0. The summed E-state index contributed by atoms with van der Waals surface area (Å²) in [5.41, 5.74) is 1.38. The monoisotopic (exact) mass is 355 g/mol. The van der Waals surface area contributed by atoms with Crippen LogP contribution < -0.4 is 0 Å². The van der Waals surface area contributed by atoms with Crippen LogP contribution in [-0.2, 0) is 17.6 Å². The predicted molar refractivity (Wildman–Crippen MR) is 103 cm³/mol. The number of carbonyl (C=O) groups is 1. The molecule has 2 aromatic heterocycles. The largest absolute Gasteiger partial charge is 0.299 e. The van der Waals surface area contributed by atoms with Gasteiger partial charge in [0.25, 0.3) is 0 Å². The van der Waals surface area contributed by atoms with Gasteiger partial charge < -0.3 is 0 Å². The molecule has 2 nitrogen and oxygen atoms in total. The lowest BCUT2D eigenvalue weighted by molar-refractivity contribution is -0.118. The molecule has 0 aliphatic rings. The van der Waals surface area contributed by atoms with Gasteiger partial charge in [0.2, 0.25) is 0 Å². The Morgan fingerprint density at radius 3 is 2.62 bits per heavy atom. The lowest BCUT2D eigenvalue weighted by Crippen LogP contribution is -2.02. The molecule has 2 heterocycles. The molecule has 3 aromatic rings. The summed E-state index contributed by atoms with van der Waals surface area (Å²) in [5.74, 6) is 0.307. The van der Waals surface area contributed by atoms with E-state index >= 15 is 0 Å². The maximum atomic E-state index is 12.1. The SMILES string of the molecule is O=C(CCCCCc1ccccc1)Cc1ncc(-c2cccs2)s1. The van der Waals surface area contributed by atoms with Gasteiger partial charge in [0.1, 0.15) is 10.8 Å². The molecule has 0 saturated heterocycles. The number of thiazole rings is 1. The Hall–Kier alpha value is -1.78. The summed E-state index contributed by atoms with van der Waals surface area (Å²) < 4.78 is 0. The number of rotatable bonds is 9. The zero-order valence-corrected chi connectivity index (χ0v) is 15.2. The fourth-order valence-electron chi connectivity index (χ4n) is 2.65. The number of nitrogens with zero attached hydrogens (tertiary/aromatic N) is 1. The number of hydrogen-bond donors (Lipinski definition) is 0. The molecule has 0 bridgehead atoms. The zero-order chi connectivity index (χ0) is 16.6. The Kier molecular flexibility index (Phi) is 6.33. The minimum absolute atomic E-state index is 0.307. The number of benzene rings is 1. The highest BCUT2D eigenvalue weighted by Gasteiger charge is 2.09. The highest BCUT2D eigenvalue weighted by molar-refractivity contribution is 7.21. The molecule has 0 saturated carbocycles. The van der Waals surface area contributed by atoms with Crippen LogP contribution in [0.4, 0.5) is 0 Å². The minimum Gasteiger partial charge on any atom is -0.299 e. The van der Waals surface area contributed by atoms with Gasteiger partial charge in [0.15, 0.2) is 0 Å². The molecule has 0 aliphatic carbocycles. The first kappa shape index (κ1) is 17.1. The third-order valence-electron chi connectivity index (χ3n) is 3.93. The number of hydrogen-bond acceptors (Lipinski definition) is 4. The van der Waals surface area contributed by atoms with Crippen LogP contribution in [0.2, 0.25) is 0 Å². The van der Waals surface area contributed by atoms with Gasteiger partial charge in [-0.1, -0.05) is 42.8 Å². The topological polar surface area (TPSA) is 30.0 Å².